The molecule has 0 spiro atoms. The predicted octanol–water partition coefficient (Wildman–Crippen LogP) is 6.71. The molecule has 1 fully saturated rings. The minimum atomic E-state index is -3.47. The molecule has 1 N–H and O–H groups in total. The van der Waals surface area contributed by atoms with Crippen LogP contribution in [0.1, 0.15) is 19.4 Å². The van der Waals surface area contributed by atoms with Crippen LogP contribution < -0.4 is 14.9 Å². The van der Waals surface area contributed by atoms with E-state index in [1.54, 1.807) is 26.0 Å². The van der Waals surface area contributed by atoms with E-state index in [4.69, 9.17) is 30.1 Å². The zero-order valence-electron chi connectivity index (χ0n) is 21.7. The summed E-state index contributed by atoms with van der Waals surface area (Å²) >= 11 is 6.67. The number of anilines is 1. The van der Waals surface area contributed by atoms with Crippen molar-refractivity contribution < 1.29 is 23.1 Å². The van der Waals surface area contributed by atoms with Crippen LogP contribution in [0.2, 0.25) is 5.02 Å². The van der Waals surface area contributed by atoms with Gasteiger partial charge in [-0.1, -0.05) is 29.8 Å². The summed E-state index contributed by atoms with van der Waals surface area (Å²) in [6.45, 7) is 9.24. The number of nitrogens with one attached hydrogen (secondary N) is 1. The maximum absolute atomic E-state index is 13.4. The molecule has 4 aromatic rings. The van der Waals surface area contributed by atoms with Crippen LogP contribution in [0.25, 0.3) is 22.2 Å². The average molecular weight is 556 g/mol. The lowest BCUT2D eigenvalue weighted by atomic mass is 10.0. The number of imidazole rings is 1. The van der Waals surface area contributed by atoms with E-state index in [-0.39, 0.29) is 13.2 Å². The topological polar surface area (TPSA) is 85.9 Å². The molecule has 5 rings (SSSR count). The third-order valence-corrected chi connectivity index (χ3v) is 8.97. The minimum absolute atomic E-state index is 0.268. The largest absolute Gasteiger partial charge is 0.426 e. The van der Waals surface area contributed by atoms with Crippen molar-refractivity contribution in [2.75, 3.05) is 44.4 Å². The third kappa shape index (κ3) is 5.60. The second-order valence-electron chi connectivity index (χ2n) is 8.92. The molecule has 8 nitrogen and oxygen atoms in total. The van der Waals surface area contributed by atoms with Crippen LogP contribution in [0, 0.1) is 6.92 Å². The van der Waals surface area contributed by atoms with Crippen LogP contribution in [0.3, 0.4) is 0 Å². The van der Waals surface area contributed by atoms with Crippen molar-refractivity contribution in [1.82, 2.24) is 9.97 Å². The molecule has 0 amide bonds. The van der Waals surface area contributed by atoms with E-state index in [0.29, 0.717) is 22.1 Å². The van der Waals surface area contributed by atoms with Gasteiger partial charge in [-0.3, -0.25) is 4.57 Å². The van der Waals surface area contributed by atoms with E-state index in [1.165, 1.54) is 5.69 Å². The number of nitrogens with zero attached hydrogens (tertiary/aromatic N) is 2. The van der Waals surface area contributed by atoms with Gasteiger partial charge < -0.3 is 28.4 Å². The average Bonchev–Trinajstić information content (AvgIpc) is 3.31. The van der Waals surface area contributed by atoms with E-state index in [2.05, 4.69) is 39.1 Å². The molecule has 1 aliphatic heterocycles. The van der Waals surface area contributed by atoms with Crippen LogP contribution in [0.5, 0.6) is 11.8 Å². The van der Waals surface area contributed by atoms with Gasteiger partial charge in [-0.15, -0.1) is 0 Å². The summed E-state index contributed by atoms with van der Waals surface area (Å²) in [6, 6.07) is 17.8. The van der Waals surface area contributed by atoms with Crippen molar-refractivity contribution in [2.45, 2.75) is 20.8 Å². The van der Waals surface area contributed by atoms with Crippen LogP contribution in [-0.4, -0.2) is 49.5 Å². The summed E-state index contributed by atoms with van der Waals surface area (Å²) in [5, 5.41) is 1.08. The molecule has 0 radical (unpaired) electrons. The number of morpholine rings is 1. The highest BCUT2D eigenvalue weighted by atomic mass is 35.5. The second kappa shape index (κ2) is 11.5. The van der Waals surface area contributed by atoms with Crippen molar-refractivity contribution in [3.63, 3.8) is 0 Å². The number of hydrogen-bond acceptors (Lipinski definition) is 7. The Kier molecular flexibility index (Phi) is 8.07. The van der Waals surface area contributed by atoms with Crippen LogP contribution in [0.15, 0.2) is 54.6 Å². The standard InChI is InChI=1S/C28H31ClN3O5P/c1-4-35-38(33,36-5-2)27-16-22(11-6-19(27)3)37-28-30-25-17-23(24(29)18-26(25)31-28)20-7-9-21(10-8-20)32-12-14-34-15-13-32/h6-11,16-18H,4-5,12-15H2,1-3H3,(H,30,31). The van der Waals surface area contributed by atoms with Crippen molar-refractivity contribution in [3.05, 3.63) is 65.2 Å². The Hall–Kier alpha value is -2.87. The smallest absolute Gasteiger partial charge is 0.361 e. The molecule has 0 aliphatic carbocycles. The van der Waals surface area contributed by atoms with E-state index in [0.717, 1.165) is 54.0 Å². The van der Waals surface area contributed by atoms with Crippen LogP contribution in [0.4, 0.5) is 5.69 Å². The predicted molar refractivity (Wildman–Crippen MR) is 151 cm³/mol. The lowest BCUT2D eigenvalue weighted by Gasteiger charge is -2.29. The molecule has 10 heteroatoms. The highest BCUT2D eigenvalue weighted by Gasteiger charge is 2.29. The maximum atomic E-state index is 13.4. The second-order valence-corrected chi connectivity index (χ2v) is 11.3. The summed E-state index contributed by atoms with van der Waals surface area (Å²) in [5.74, 6) is 0.467. The maximum Gasteiger partial charge on any atom is 0.361 e. The van der Waals surface area contributed by atoms with Gasteiger partial charge in [0.15, 0.2) is 0 Å². The first-order valence-electron chi connectivity index (χ1n) is 12.7. The Morgan fingerprint density at radius 2 is 1.74 bits per heavy atom. The van der Waals surface area contributed by atoms with E-state index in [1.807, 2.05) is 25.1 Å². The number of hydrogen-bond donors (Lipinski definition) is 1. The molecule has 3 aromatic carbocycles. The van der Waals surface area contributed by atoms with Gasteiger partial charge in [-0.2, -0.15) is 4.98 Å². The quantitative estimate of drug-likeness (QED) is 0.230. The van der Waals surface area contributed by atoms with Crippen LogP contribution in [-0.2, 0) is 18.3 Å². The molecule has 2 heterocycles. The molecule has 1 aromatic heterocycles. The fourth-order valence-corrected chi connectivity index (χ4v) is 6.62. The number of aromatic nitrogens is 2. The van der Waals surface area contributed by atoms with Gasteiger partial charge in [-0.25, -0.2) is 0 Å². The zero-order chi connectivity index (χ0) is 26.7. The molecule has 1 saturated heterocycles. The molecule has 1 aliphatic rings. The molecule has 0 bridgehead atoms. The minimum Gasteiger partial charge on any atom is -0.426 e. The summed E-state index contributed by atoms with van der Waals surface area (Å²) in [6.07, 6.45) is 0. The van der Waals surface area contributed by atoms with E-state index < -0.39 is 7.60 Å². The van der Waals surface area contributed by atoms with Crippen molar-refractivity contribution in [3.8, 4) is 22.9 Å². The first kappa shape index (κ1) is 26.7. The van der Waals surface area contributed by atoms with E-state index >= 15 is 0 Å². The van der Waals surface area contributed by atoms with Gasteiger partial charge in [0.1, 0.15) is 5.75 Å². The SMILES string of the molecule is CCOP(=O)(OCC)c1cc(Oc2nc3cc(-c4ccc(N5CCOCC5)cc4)c(Cl)cc3[nH]2)ccc1C. The van der Waals surface area contributed by atoms with Gasteiger partial charge >= 0.3 is 7.60 Å². The third-order valence-electron chi connectivity index (χ3n) is 6.39. The van der Waals surface area contributed by atoms with Crippen molar-refractivity contribution in [1.29, 1.82) is 0 Å². The summed E-state index contributed by atoms with van der Waals surface area (Å²) in [7, 11) is -3.47. The molecule has 0 saturated carbocycles. The molecule has 200 valence electrons. The van der Waals surface area contributed by atoms with Gasteiger partial charge in [0.05, 0.1) is 47.8 Å². The number of ether oxygens (including phenoxy) is 2. The lowest BCUT2D eigenvalue weighted by Crippen LogP contribution is -2.36. The van der Waals surface area contributed by atoms with E-state index in [9.17, 15) is 4.57 Å². The Morgan fingerprint density at radius 1 is 1.03 bits per heavy atom. The Balaban J connectivity index is 1.40. The molecular formula is C28H31ClN3O5P. The monoisotopic (exact) mass is 555 g/mol. The molecule has 0 unspecified atom stereocenters. The highest BCUT2D eigenvalue weighted by molar-refractivity contribution is 7.62. The fraction of sp³-hybridized carbons (Fsp3) is 0.321. The number of benzene rings is 3. The fourth-order valence-electron chi connectivity index (χ4n) is 4.53. The summed E-state index contributed by atoms with van der Waals surface area (Å²) < 4.78 is 35.9. The summed E-state index contributed by atoms with van der Waals surface area (Å²) in [4.78, 5) is 10.1. The van der Waals surface area contributed by atoms with Gasteiger partial charge in [0.2, 0.25) is 0 Å². The highest BCUT2D eigenvalue weighted by Crippen LogP contribution is 2.48. The number of H-pyrrole nitrogens is 1. The first-order valence-corrected chi connectivity index (χ1v) is 14.6. The van der Waals surface area contributed by atoms with Crippen molar-refractivity contribution >= 4 is 41.2 Å². The molecular weight excluding hydrogens is 525 g/mol. The number of aryl methyl sites for hydroxylation is 1. The molecule has 38 heavy (non-hydrogen) atoms. The summed E-state index contributed by atoms with van der Waals surface area (Å²) in [5.41, 5.74) is 5.32. The first-order chi connectivity index (χ1) is 18.4. The Bertz CT molecular complexity index is 1460. The number of fused-ring (bicyclic) bond motifs is 1. The zero-order valence-corrected chi connectivity index (χ0v) is 23.3. The lowest BCUT2D eigenvalue weighted by molar-refractivity contribution is 0.122. The van der Waals surface area contributed by atoms with Crippen molar-refractivity contribution in [2.24, 2.45) is 0 Å². The number of rotatable bonds is 9. The Labute approximate surface area is 227 Å². The van der Waals surface area contributed by atoms with Gasteiger partial charge in [0.25, 0.3) is 6.01 Å². The normalized spacial score (nSPS) is 14.3. The van der Waals surface area contributed by atoms with Gasteiger partial charge in [0, 0.05) is 24.3 Å². The number of aromatic amines is 1. The number of halogens is 1. The molecule has 0 atom stereocenters. The van der Waals surface area contributed by atoms with Gasteiger partial charge in [-0.05, 0) is 68.3 Å². The Morgan fingerprint density at radius 3 is 2.42 bits per heavy atom. The van der Waals surface area contributed by atoms with Crippen LogP contribution >= 0.6 is 19.2 Å².